The lowest BCUT2D eigenvalue weighted by atomic mass is 10.1. The molecule has 5 rings (SSSR count). The number of anilines is 3. The van der Waals surface area contributed by atoms with Crippen molar-refractivity contribution in [1.82, 2.24) is 9.78 Å². The molecule has 1 fully saturated rings. The van der Waals surface area contributed by atoms with Crippen molar-refractivity contribution >= 4 is 39.8 Å². The van der Waals surface area contributed by atoms with Gasteiger partial charge in [-0.05, 0) is 80.6 Å². The van der Waals surface area contributed by atoms with Gasteiger partial charge in [-0.1, -0.05) is 5.57 Å². The second-order valence-electron chi connectivity index (χ2n) is 9.19. The molecule has 0 radical (unpaired) electrons. The van der Waals surface area contributed by atoms with Crippen molar-refractivity contribution in [2.75, 3.05) is 41.8 Å². The van der Waals surface area contributed by atoms with Gasteiger partial charge in [0.1, 0.15) is 0 Å². The number of fused-ring (bicyclic) bond motifs is 1. The summed E-state index contributed by atoms with van der Waals surface area (Å²) < 4.78 is 7.23. The third-order valence-corrected chi connectivity index (χ3v) is 6.13. The van der Waals surface area contributed by atoms with Gasteiger partial charge in [-0.25, -0.2) is 4.68 Å². The van der Waals surface area contributed by atoms with Crippen LogP contribution in [0.1, 0.15) is 24.2 Å². The number of nitrogens with one attached hydrogen (secondary N) is 2. The zero-order valence-corrected chi connectivity index (χ0v) is 20.9. The maximum Gasteiger partial charge on any atom is 0.255 e. The van der Waals surface area contributed by atoms with E-state index >= 15 is 0 Å². The standard InChI is InChI=1S/C29H29N5O3/c1-20(2)17-28(35)31-23-5-10-26(11-6-23)34-27-12-7-24(18-22(27)19-30-34)32-29(36)21-3-8-25(9-4-21)33-13-15-37-16-14-33/h3-12,17-19H,13-16H2,1-2H3,(H,31,35)(H,32,36). The molecule has 8 heteroatoms. The van der Waals surface area contributed by atoms with Crippen LogP contribution in [0.3, 0.4) is 0 Å². The summed E-state index contributed by atoms with van der Waals surface area (Å²) in [5, 5.41) is 11.3. The van der Waals surface area contributed by atoms with E-state index in [4.69, 9.17) is 4.74 Å². The van der Waals surface area contributed by atoms with Crippen LogP contribution in [-0.4, -0.2) is 47.9 Å². The molecule has 0 atom stereocenters. The Kier molecular flexibility index (Phi) is 7.00. The van der Waals surface area contributed by atoms with E-state index in [0.29, 0.717) is 16.9 Å². The number of rotatable bonds is 6. The van der Waals surface area contributed by atoms with Crippen molar-refractivity contribution in [3.8, 4) is 5.69 Å². The number of aromatic nitrogens is 2. The highest BCUT2D eigenvalue weighted by Gasteiger charge is 2.13. The maximum atomic E-state index is 12.8. The number of amides is 2. The molecule has 0 unspecified atom stereocenters. The SMILES string of the molecule is CC(C)=CC(=O)Nc1ccc(-n2ncc3cc(NC(=O)c4ccc(N5CCOCC5)cc4)ccc32)cc1. The highest BCUT2D eigenvalue weighted by molar-refractivity contribution is 6.05. The Labute approximate surface area is 215 Å². The van der Waals surface area contributed by atoms with E-state index in [0.717, 1.165) is 54.2 Å². The molecule has 8 nitrogen and oxygen atoms in total. The number of allylic oxidation sites excluding steroid dienone is 1. The molecular weight excluding hydrogens is 466 g/mol. The number of nitrogens with zero attached hydrogens (tertiary/aromatic N) is 3. The summed E-state index contributed by atoms with van der Waals surface area (Å²) in [4.78, 5) is 27.0. The quantitative estimate of drug-likeness (QED) is 0.367. The minimum absolute atomic E-state index is 0.153. The van der Waals surface area contributed by atoms with Crippen LogP contribution in [0.4, 0.5) is 17.1 Å². The fourth-order valence-corrected chi connectivity index (χ4v) is 4.29. The lowest BCUT2D eigenvalue weighted by Gasteiger charge is -2.28. The molecule has 188 valence electrons. The number of benzene rings is 3. The zero-order valence-electron chi connectivity index (χ0n) is 20.9. The summed E-state index contributed by atoms with van der Waals surface area (Å²) in [6.45, 7) is 6.92. The van der Waals surface area contributed by atoms with Gasteiger partial charge in [0.2, 0.25) is 5.91 Å². The van der Waals surface area contributed by atoms with Crippen molar-refractivity contribution in [2.45, 2.75) is 13.8 Å². The van der Waals surface area contributed by atoms with Gasteiger partial charge >= 0.3 is 0 Å². The third-order valence-electron chi connectivity index (χ3n) is 6.13. The van der Waals surface area contributed by atoms with Crippen LogP contribution in [0.2, 0.25) is 0 Å². The molecule has 4 aromatic rings. The molecular formula is C29H29N5O3. The van der Waals surface area contributed by atoms with E-state index < -0.39 is 0 Å². The molecule has 0 aliphatic carbocycles. The number of ether oxygens (including phenoxy) is 1. The predicted octanol–water partition coefficient (Wildman–Crippen LogP) is 5.02. The van der Waals surface area contributed by atoms with Crippen LogP contribution < -0.4 is 15.5 Å². The number of hydrogen-bond donors (Lipinski definition) is 2. The van der Waals surface area contributed by atoms with Crippen LogP contribution in [0, 0.1) is 0 Å². The van der Waals surface area contributed by atoms with Gasteiger partial charge in [-0.15, -0.1) is 0 Å². The molecule has 37 heavy (non-hydrogen) atoms. The van der Waals surface area contributed by atoms with E-state index in [2.05, 4.69) is 20.6 Å². The molecule has 0 spiro atoms. The van der Waals surface area contributed by atoms with Crippen molar-refractivity contribution < 1.29 is 14.3 Å². The molecule has 1 saturated heterocycles. The second kappa shape index (κ2) is 10.7. The fourth-order valence-electron chi connectivity index (χ4n) is 4.29. The minimum atomic E-state index is -0.161. The lowest BCUT2D eigenvalue weighted by molar-refractivity contribution is -0.111. The fraction of sp³-hybridized carbons (Fsp3) is 0.207. The van der Waals surface area contributed by atoms with E-state index in [1.807, 2.05) is 85.3 Å². The van der Waals surface area contributed by atoms with E-state index in [1.165, 1.54) is 0 Å². The van der Waals surface area contributed by atoms with E-state index in [-0.39, 0.29) is 11.8 Å². The van der Waals surface area contributed by atoms with Gasteiger partial charge in [-0.2, -0.15) is 5.10 Å². The Morgan fingerprint density at radius 1 is 0.865 bits per heavy atom. The topological polar surface area (TPSA) is 88.5 Å². The lowest BCUT2D eigenvalue weighted by Crippen LogP contribution is -2.36. The van der Waals surface area contributed by atoms with Gasteiger partial charge in [0.25, 0.3) is 5.91 Å². The molecule has 2 heterocycles. The first-order chi connectivity index (χ1) is 18.0. The molecule has 3 aromatic carbocycles. The summed E-state index contributed by atoms with van der Waals surface area (Å²) in [6.07, 6.45) is 3.33. The molecule has 2 amide bonds. The first-order valence-electron chi connectivity index (χ1n) is 12.2. The Balaban J connectivity index is 1.26. The highest BCUT2D eigenvalue weighted by Crippen LogP contribution is 2.24. The number of hydrogen-bond acceptors (Lipinski definition) is 5. The second-order valence-corrected chi connectivity index (χ2v) is 9.19. The van der Waals surface area contributed by atoms with Gasteiger partial charge in [0, 0.05) is 47.2 Å². The molecule has 0 saturated carbocycles. The predicted molar refractivity (Wildman–Crippen MR) is 147 cm³/mol. The molecule has 2 N–H and O–H groups in total. The average Bonchev–Trinajstić information content (AvgIpc) is 3.32. The molecule has 1 aliphatic heterocycles. The average molecular weight is 496 g/mol. The van der Waals surface area contributed by atoms with Crippen LogP contribution in [0.25, 0.3) is 16.6 Å². The van der Waals surface area contributed by atoms with Gasteiger partial charge < -0.3 is 20.3 Å². The molecule has 1 aliphatic rings. The number of carbonyl (C=O) groups excluding carboxylic acids is 2. The zero-order chi connectivity index (χ0) is 25.8. The van der Waals surface area contributed by atoms with E-state index in [9.17, 15) is 9.59 Å². The third kappa shape index (κ3) is 5.70. The van der Waals surface area contributed by atoms with E-state index in [1.54, 1.807) is 12.3 Å². The van der Waals surface area contributed by atoms with Gasteiger partial charge in [0.15, 0.2) is 0 Å². The van der Waals surface area contributed by atoms with Crippen molar-refractivity contribution in [3.63, 3.8) is 0 Å². The summed E-state index contributed by atoms with van der Waals surface area (Å²) >= 11 is 0. The van der Waals surface area contributed by atoms with Crippen molar-refractivity contribution in [1.29, 1.82) is 0 Å². The Morgan fingerprint density at radius 3 is 2.24 bits per heavy atom. The summed E-state index contributed by atoms with van der Waals surface area (Å²) in [6, 6.07) is 20.9. The van der Waals surface area contributed by atoms with Crippen LogP contribution >= 0.6 is 0 Å². The Bertz CT molecular complexity index is 1450. The smallest absolute Gasteiger partial charge is 0.255 e. The summed E-state index contributed by atoms with van der Waals surface area (Å²) in [7, 11) is 0. The Morgan fingerprint density at radius 2 is 1.54 bits per heavy atom. The van der Waals surface area contributed by atoms with Crippen molar-refractivity contribution in [3.05, 3.63) is 90.1 Å². The number of carbonyl (C=O) groups is 2. The first-order valence-corrected chi connectivity index (χ1v) is 12.2. The normalized spacial score (nSPS) is 13.3. The largest absolute Gasteiger partial charge is 0.378 e. The highest BCUT2D eigenvalue weighted by atomic mass is 16.5. The summed E-state index contributed by atoms with van der Waals surface area (Å²) in [5.74, 6) is -0.314. The Hall–Kier alpha value is -4.43. The first kappa shape index (κ1) is 24.3. The van der Waals surface area contributed by atoms with Crippen LogP contribution in [0.15, 0.2) is 84.6 Å². The van der Waals surface area contributed by atoms with Crippen molar-refractivity contribution in [2.24, 2.45) is 0 Å². The number of morpholine rings is 1. The van der Waals surface area contributed by atoms with Gasteiger partial charge in [0.05, 0.1) is 30.6 Å². The molecule has 1 aromatic heterocycles. The van der Waals surface area contributed by atoms with Gasteiger partial charge in [-0.3, -0.25) is 9.59 Å². The monoisotopic (exact) mass is 495 g/mol. The van der Waals surface area contributed by atoms with Crippen LogP contribution in [0.5, 0.6) is 0 Å². The minimum Gasteiger partial charge on any atom is -0.378 e. The molecule has 0 bridgehead atoms. The maximum absolute atomic E-state index is 12.8. The van der Waals surface area contributed by atoms with Crippen LogP contribution in [-0.2, 0) is 9.53 Å². The summed E-state index contributed by atoms with van der Waals surface area (Å²) in [5.41, 5.74) is 5.83.